The van der Waals surface area contributed by atoms with Crippen LogP contribution in [0.2, 0.25) is 0 Å². The van der Waals surface area contributed by atoms with Gasteiger partial charge in [-0.25, -0.2) is 0 Å². The van der Waals surface area contributed by atoms with Crippen LogP contribution in [0.3, 0.4) is 0 Å². The highest BCUT2D eigenvalue weighted by molar-refractivity contribution is 9.10. The average Bonchev–Trinajstić information content (AvgIpc) is 2.89. The van der Waals surface area contributed by atoms with Crippen LogP contribution in [-0.4, -0.2) is 31.1 Å². The van der Waals surface area contributed by atoms with E-state index in [-0.39, 0.29) is 24.4 Å². The molecule has 21 heavy (non-hydrogen) atoms. The molecule has 2 atom stereocenters. The van der Waals surface area contributed by atoms with Gasteiger partial charge >= 0.3 is 0 Å². The molecule has 1 heterocycles. The van der Waals surface area contributed by atoms with E-state index in [2.05, 4.69) is 26.6 Å². The van der Waals surface area contributed by atoms with Crippen molar-refractivity contribution in [3.05, 3.63) is 28.7 Å². The summed E-state index contributed by atoms with van der Waals surface area (Å²) in [4.78, 5) is 11.8. The van der Waals surface area contributed by atoms with Crippen LogP contribution in [0.5, 0.6) is 5.75 Å². The van der Waals surface area contributed by atoms with Gasteiger partial charge in [-0.1, -0.05) is 22.0 Å². The van der Waals surface area contributed by atoms with Gasteiger partial charge in [0.15, 0.2) is 0 Å². The SMILES string of the molecule is CC(CNC(=O)CC1CCCN1)Oc1cccc(Br)c1.Cl. The Balaban J connectivity index is 0.00000220. The van der Waals surface area contributed by atoms with Gasteiger partial charge in [-0.3, -0.25) is 4.79 Å². The second-order valence-electron chi connectivity index (χ2n) is 5.19. The number of amides is 1. The van der Waals surface area contributed by atoms with Gasteiger partial charge in [0.2, 0.25) is 5.91 Å². The van der Waals surface area contributed by atoms with Crippen LogP contribution in [0.4, 0.5) is 0 Å². The Morgan fingerprint density at radius 1 is 1.57 bits per heavy atom. The third-order valence-corrected chi connectivity index (χ3v) is 3.81. The van der Waals surface area contributed by atoms with Crippen LogP contribution < -0.4 is 15.4 Å². The largest absolute Gasteiger partial charge is 0.489 e. The smallest absolute Gasteiger partial charge is 0.221 e. The van der Waals surface area contributed by atoms with E-state index >= 15 is 0 Å². The molecule has 0 saturated carbocycles. The van der Waals surface area contributed by atoms with Crippen molar-refractivity contribution in [3.8, 4) is 5.75 Å². The van der Waals surface area contributed by atoms with Crippen molar-refractivity contribution in [1.82, 2.24) is 10.6 Å². The topological polar surface area (TPSA) is 50.4 Å². The summed E-state index contributed by atoms with van der Waals surface area (Å²) >= 11 is 3.41. The number of carbonyl (C=O) groups excluding carboxylic acids is 1. The number of carbonyl (C=O) groups is 1. The maximum Gasteiger partial charge on any atom is 0.221 e. The van der Waals surface area contributed by atoms with E-state index in [1.807, 2.05) is 31.2 Å². The van der Waals surface area contributed by atoms with Crippen LogP contribution in [0.1, 0.15) is 26.2 Å². The molecule has 1 saturated heterocycles. The van der Waals surface area contributed by atoms with Gasteiger partial charge in [0.1, 0.15) is 11.9 Å². The average molecular weight is 378 g/mol. The minimum atomic E-state index is -0.0511. The normalized spacial score (nSPS) is 18.7. The summed E-state index contributed by atoms with van der Waals surface area (Å²) in [7, 11) is 0. The second kappa shape index (κ2) is 9.28. The molecule has 2 rings (SSSR count). The Morgan fingerprint density at radius 2 is 2.38 bits per heavy atom. The van der Waals surface area contributed by atoms with Gasteiger partial charge in [0.25, 0.3) is 0 Å². The fourth-order valence-electron chi connectivity index (χ4n) is 2.30. The van der Waals surface area contributed by atoms with Crippen LogP contribution in [0.25, 0.3) is 0 Å². The van der Waals surface area contributed by atoms with Gasteiger partial charge in [-0.15, -0.1) is 12.4 Å². The fraction of sp³-hybridized carbons (Fsp3) is 0.533. The van der Waals surface area contributed by atoms with Crippen LogP contribution >= 0.6 is 28.3 Å². The van der Waals surface area contributed by atoms with E-state index in [1.165, 1.54) is 6.42 Å². The highest BCUT2D eigenvalue weighted by atomic mass is 79.9. The molecular formula is C15H22BrClN2O2. The first kappa shape index (κ1) is 18.3. The number of ether oxygens (including phenoxy) is 1. The molecule has 2 unspecified atom stereocenters. The van der Waals surface area contributed by atoms with Gasteiger partial charge in [-0.05, 0) is 44.5 Å². The number of hydrogen-bond donors (Lipinski definition) is 2. The summed E-state index contributed by atoms with van der Waals surface area (Å²) in [6.07, 6.45) is 2.77. The third-order valence-electron chi connectivity index (χ3n) is 3.31. The zero-order valence-electron chi connectivity index (χ0n) is 12.1. The van der Waals surface area contributed by atoms with Crippen molar-refractivity contribution in [2.75, 3.05) is 13.1 Å². The molecular weight excluding hydrogens is 356 g/mol. The number of nitrogens with one attached hydrogen (secondary N) is 2. The first-order valence-corrected chi connectivity index (χ1v) is 7.85. The lowest BCUT2D eigenvalue weighted by Crippen LogP contribution is -2.37. The van der Waals surface area contributed by atoms with Crippen molar-refractivity contribution >= 4 is 34.2 Å². The zero-order valence-corrected chi connectivity index (χ0v) is 14.5. The highest BCUT2D eigenvalue weighted by Crippen LogP contribution is 2.18. The molecule has 4 nitrogen and oxygen atoms in total. The van der Waals surface area contributed by atoms with Crippen molar-refractivity contribution < 1.29 is 9.53 Å². The first-order valence-electron chi connectivity index (χ1n) is 7.06. The summed E-state index contributed by atoms with van der Waals surface area (Å²) in [6, 6.07) is 8.05. The van der Waals surface area contributed by atoms with Crippen molar-refractivity contribution in [2.45, 2.75) is 38.3 Å². The zero-order chi connectivity index (χ0) is 14.4. The lowest BCUT2D eigenvalue weighted by Gasteiger charge is -2.16. The summed E-state index contributed by atoms with van der Waals surface area (Å²) in [5, 5.41) is 6.25. The monoisotopic (exact) mass is 376 g/mol. The maximum absolute atomic E-state index is 11.8. The summed E-state index contributed by atoms with van der Waals surface area (Å²) in [6.45, 7) is 3.51. The molecule has 1 aliphatic rings. The van der Waals surface area contributed by atoms with Gasteiger partial charge < -0.3 is 15.4 Å². The third kappa shape index (κ3) is 6.68. The second-order valence-corrected chi connectivity index (χ2v) is 6.10. The lowest BCUT2D eigenvalue weighted by atomic mass is 10.1. The maximum atomic E-state index is 11.8. The Bertz CT molecular complexity index is 453. The Morgan fingerprint density at radius 3 is 3.05 bits per heavy atom. The summed E-state index contributed by atoms with van der Waals surface area (Å²) in [5.41, 5.74) is 0. The van der Waals surface area contributed by atoms with E-state index in [1.54, 1.807) is 0 Å². The van der Waals surface area contributed by atoms with Crippen molar-refractivity contribution in [3.63, 3.8) is 0 Å². The Hall–Kier alpha value is -0.780. The van der Waals surface area contributed by atoms with E-state index in [4.69, 9.17) is 4.74 Å². The first-order chi connectivity index (χ1) is 9.63. The minimum absolute atomic E-state index is 0. The molecule has 0 spiro atoms. The quantitative estimate of drug-likeness (QED) is 0.801. The van der Waals surface area contributed by atoms with Crippen LogP contribution in [-0.2, 0) is 4.79 Å². The molecule has 0 aromatic heterocycles. The van der Waals surface area contributed by atoms with Crippen molar-refractivity contribution in [2.24, 2.45) is 0 Å². The predicted molar refractivity (Wildman–Crippen MR) is 90.1 cm³/mol. The van der Waals surface area contributed by atoms with Crippen molar-refractivity contribution in [1.29, 1.82) is 0 Å². The summed E-state index contributed by atoms with van der Waals surface area (Å²) < 4.78 is 6.74. The molecule has 118 valence electrons. The minimum Gasteiger partial charge on any atom is -0.489 e. The number of benzene rings is 1. The van der Waals surface area contributed by atoms with Gasteiger partial charge in [0, 0.05) is 16.9 Å². The van der Waals surface area contributed by atoms with E-state index in [0.717, 1.165) is 23.2 Å². The molecule has 1 aromatic carbocycles. The highest BCUT2D eigenvalue weighted by Gasteiger charge is 2.17. The van der Waals surface area contributed by atoms with E-state index in [9.17, 15) is 4.79 Å². The van der Waals surface area contributed by atoms with Crippen LogP contribution in [0.15, 0.2) is 28.7 Å². The fourth-order valence-corrected chi connectivity index (χ4v) is 2.68. The molecule has 6 heteroatoms. The predicted octanol–water partition coefficient (Wildman–Crippen LogP) is 2.90. The Labute approximate surface area is 140 Å². The number of hydrogen-bond acceptors (Lipinski definition) is 3. The number of rotatable bonds is 6. The Kier molecular flexibility index (Phi) is 8.07. The molecule has 1 fully saturated rings. The lowest BCUT2D eigenvalue weighted by molar-refractivity contribution is -0.121. The molecule has 1 aliphatic heterocycles. The molecule has 0 aliphatic carbocycles. The van der Waals surface area contributed by atoms with E-state index in [0.29, 0.717) is 19.0 Å². The standard InChI is InChI=1S/C15H21BrN2O2.ClH/c1-11(20-14-6-2-4-12(16)8-14)10-18-15(19)9-13-5-3-7-17-13;/h2,4,6,8,11,13,17H,3,5,7,9-10H2,1H3,(H,18,19);1H. The summed E-state index contributed by atoms with van der Waals surface area (Å²) in [5.74, 6) is 0.896. The van der Waals surface area contributed by atoms with Crippen LogP contribution in [0, 0.1) is 0 Å². The molecule has 2 N–H and O–H groups in total. The molecule has 0 bridgehead atoms. The molecule has 1 aromatic rings. The van der Waals surface area contributed by atoms with Gasteiger partial charge in [-0.2, -0.15) is 0 Å². The van der Waals surface area contributed by atoms with E-state index < -0.39 is 0 Å². The van der Waals surface area contributed by atoms with Gasteiger partial charge in [0.05, 0.1) is 6.54 Å². The molecule has 1 amide bonds. The number of halogens is 2. The molecule has 0 radical (unpaired) electrons.